The molecule has 0 saturated heterocycles. The summed E-state index contributed by atoms with van der Waals surface area (Å²) in [6, 6.07) is 0. The quantitative estimate of drug-likeness (QED) is 0.370. The lowest BCUT2D eigenvalue weighted by Gasteiger charge is -1.97. The van der Waals surface area contributed by atoms with E-state index in [0.717, 1.165) is 0 Å². The number of hydrogen-bond donors (Lipinski definition) is 0. The number of Topliss-reactive ketones (excluding diaryl/α,β-unsaturated/α-hetero) is 2. The lowest BCUT2D eigenvalue weighted by Crippen LogP contribution is -2.07. The van der Waals surface area contributed by atoms with Crippen LogP contribution in [0.3, 0.4) is 0 Å². The molecule has 0 heterocycles. The van der Waals surface area contributed by atoms with Gasteiger partial charge < -0.3 is 0 Å². The molecular weight excluding hydrogens is 164 g/mol. The summed E-state index contributed by atoms with van der Waals surface area (Å²) < 4.78 is 0. The van der Waals surface area contributed by atoms with Gasteiger partial charge in [-0.15, -0.1) is 0 Å². The van der Waals surface area contributed by atoms with Gasteiger partial charge >= 0.3 is 0 Å². The predicted molar refractivity (Wildman–Crippen MR) is 53.5 cm³/mol. The Hall–Kier alpha value is -1.18. The van der Waals surface area contributed by atoms with E-state index in [1.54, 1.807) is 26.0 Å². The molecule has 0 aromatic heterocycles. The fraction of sp³-hybridized carbons (Fsp3) is 0.455. The molecular formula is C11H16O2. The standard InChI is InChI=1S/C11H16O2/c1-4-6-7-9(3)11(13)8-10(12)5-2/h4,6-7H,5,8H2,1-3H3. The molecule has 0 aliphatic rings. The molecule has 13 heavy (non-hydrogen) atoms. The Morgan fingerprint density at radius 3 is 2.38 bits per heavy atom. The van der Waals surface area contributed by atoms with Crippen LogP contribution in [0.4, 0.5) is 0 Å². The molecule has 0 rings (SSSR count). The number of allylic oxidation sites excluding steroid dienone is 4. The van der Waals surface area contributed by atoms with Gasteiger partial charge in [-0.25, -0.2) is 0 Å². The summed E-state index contributed by atoms with van der Waals surface area (Å²) in [5.74, 6) is -0.0804. The van der Waals surface area contributed by atoms with Crippen LogP contribution in [-0.4, -0.2) is 11.6 Å². The number of carbonyl (C=O) groups is 2. The van der Waals surface area contributed by atoms with Crippen LogP contribution < -0.4 is 0 Å². The first-order chi connectivity index (χ1) is 6.11. The summed E-state index contributed by atoms with van der Waals surface area (Å²) in [5.41, 5.74) is 0.639. The first kappa shape index (κ1) is 11.8. The predicted octanol–water partition coefficient (Wildman–Crippen LogP) is 2.45. The number of ketones is 2. The minimum absolute atomic E-state index is 0.00164. The Balaban J connectivity index is 4.19. The molecule has 0 aliphatic carbocycles. The van der Waals surface area contributed by atoms with Crippen molar-refractivity contribution in [2.75, 3.05) is 0 Å². The van der Waals surface area contributed by atoms with Gasteiger partial charge in [0.15, 0.2) is 5.78 Å². The largest absolute Gasteiger partial charge is 0.299 e. The molecule has 2 nitrogen and oxygen atoms in total. The van der Waals surface area contributed by atoms with Crippen molar-refractivity contribution in [3.63, 3.8) is 0 Å². The summed E-state index contributed by atoms with van der Waals surface area (Å²) in [4.78, 5) is 22.2. The molecule has 0 amide bonds. The molecule has 2 heteroatoms. The van der Waals surface area contributed by atoms with E-state index in [0.29, 0.717) is 12.0 Å². The van der Waals surface area contributed by atoms with Gasteiger partial charge in [-0.3, -0.25) is 9.59 Å². The molecule has 0 fully saturated rings. The van der Waals surface area contributed by atoms with E-state index in [2.05, 4.69) is 0 Å². The second-order valence-corrected chi connectivity index (χ2v) is 2.87. The number of hydrogen-bond acceptors (Lipinski definition) is 2. The van der Waals surface area contributed by atoms with Crippen LogP contribution in [0, 0.1) is 0 Å². The van der Waals surface area contributed by atoms with Crippen LogP contribution in [0.5, 0.6) is 0 Å². The molecule has 0 aromatic carbocycles. The second-order valence-electron chi connectivity index (χ2n) is 2.87. The Morgan fingerprint density at radius 2 is 1.92 bits per heavy atom. The molecule has 0 aromatic rings. The van der Waals surface area contributed by atoms with Crippen molar-refractivity contribution in [3.8, 4) is 0 Å². The third-order valence-electron chi connectivity index (χ3n) is 1.73. The van der Waals surface area contributed by atoms with Gasteiger partial charge in [0.1, 0.15) is 5.78 Å². The highest BCUT2D eigenvalue weighted by molar-refractivity contribution is 6.07. The average molecular weight is 180 g/mol. The minimum Gasteiger partial charge on any atom is -0.299 e. The van der Waals surface area contributed by atoms with E-state index >= 15 is 0 Å². The van der Waals surface area contributed by atoms with Crippen LogP contribution in [0.15, 0.2) is 23.8 Å². The third-order valence-corrected chi connectivity index (χ3v) is 1.73. The molecule has 0 atom stereocenters. The number of carbonyl (C=O) groups excluding carboxylic acids is 2. The zero-order valence-electron chi connectivity index (χ0n) is 8.46. The van der Waals surface area contributed by atoms with E-state index in [1.807, 2.05) is 13.0 Å². The van der Waals surface area contributed by atoms with E-state index < -0.39 is 0 Å². The summed E-state index contributed by atoms with van der Waals surface area (Å²) in [7, 11) is 0. The third kappa shape index (κ3) is 5.12. The van der Waals surface area contributed by atoms with Crippen molar-refractivity contribution in [1.29, 1.82) is 0 Å². The van der Waals surface area contributed by atoms with Gasteiger partial charge in [-0.05, 0) is 19.4 Å². The van der Waals surface area contributed by atoms with Gasteiger partial charge in [-0.2, -0.15) is 0 Å². The topological polar surface area (TPSA) is 34.1 Å². The van der Waals surface area contributed by atoms with Crippen molar-refractivity contribution in [2.24, 2.45) is 0 Å². The molecule has 0 unspecified atom stereocenters. The van der Waals surface area contributed by atoms with Gasteiger partial charge in [-0.1, -0.05) is 25.2 Å². The smallest absolute Gasteiger partial charge is 0.165 e. The molecule has 0 bridgehead atoms. The van der Waals surface area contributed by atoms with E-state index in [9.17, 15) is 9.59 Å². The summed E-state index contributed by atoms with van der Waals surface area (Å²) >= 11 is 0. The normalized spacial score (nSPS) is 12.1. The highest BCUT2D eigenvalue weighted by atomic mass is 16.1. The van der Waals surface area contributed by atoms with Crippen molar-refractivity contribution in [1.82, 2.24) is 0 Å². The first-order valence-electron chi connectivity index (χ1n) is 4.46. The van der Waals surface area contributed by atoms with Crippen LogP contribution in [0.25, 0.3) is 0 Å². The van der Waals surface area contributed by atoms with Gasteiger partial charge in [0.2, 0.25) is 0 Å². The lowest BCUT2D eigenvalue weighted by molar-refractivity contribution is -0.124. The van der Waals surface area contributed by atoms with E-state index in [4.69, 9.17) is 0 Å². The van der Waals surface area contributed by atoms with E-state index in [1.165, 1.54) is 0 Å². The SMILES string of the molecule is CC=CC=C(C)C(=O)CC(=O)CC. The van der Waals surface area contributed by atoms with E-state index in [-0.39, 0.29) is 18.0 Å². The molecule has 72 valence electrons. The molecule has 0 N–H and O–H groups in total. The van der Waals surface area contributed by atoms with Crippen LogP contribution in [0.2, 0.25) is 0 Å². The Bertz CT molecular complexity index is 247. The second kappa shape index (κ2) is 6.35. The highest BCUT2D eigenvalue weighted by Gasteiger charge is 2.08. The maximum absolute atomic E-state index is 11.3. The maximum Gasteiger partial charge on any atom is 0.165 e. The molecule has 0 spiro atoms. The highest BCUT2D eigenvalue weighted by Crippen LogP contribution is 2.01. The summed E-state index contributed by atoms with van der Waals surface area (Å²) in [6.07, 6.45) is 5.84. The van der Waals surface area contributed by atoms with Crippen molar-refractivity contribution >= 4 is 11.6 Å². The molecule has 0 saturated carbocycles. The van der Waals surface area contributed by atoms with Crippen LogP contribution in [0.1, 0.15) is 33.6 Å². The Morgan fingerprint density at radius 1 is 1.31 bits per heavy atom. The average Bonchev–Trinajstić information content (AvgIpc) is 2.13. The van der Waals surface area contributed by atoms with Crippen LogP contribution in [-0.2, 0) is 9.59 Å². The van der Waals surface area contributed by atoms with Crippen molar-refractivity contribution in [2.45, 2.75) is 33.6 Å². The van der Waals surface area contributed by atoms with Gasteiger partial charge in [0.05, 0.1) is 6.42 Å². The lowest BCUT2D eigenvalue weighted by atomic mass is 10.1. The summed E-state index contributed by atoms with van der Waals surface area (Å²) in [5, 5.41) is 0. The maximum atomic E-state index is 11.3. The summed E-state index contributed by atoms with van der Waals surface area (Å²) in [6.45, 7) is 5.37. The fourth-order valence-electron chi connectivity index (χ4n) is 0.777. The van der Waals surface area contributed by atoms with Crippen molar-refractivity contribution < 1.29 is 9.59 Å². The monoisotopic (exact) mass is 180 g/mol. The molecule has 0 radical (unpaired) electrons. The Labute approximate surface area is 79.3 Å². The van der Waals surface area contributed by atoms with Crippen molar-refractivity contribution in [3.05, 3.63) is 23.8 Å². The van der Waals surface area contributed by atoms with Gasteiger partial charge in [0.25, 0.3) is 0 Å². The fourth-order valence-corrected chi connectivity index (χ4v) is 0.777. The molecule has 0 aliphatic heterocycles. The number of rotatable bonds is 5. The van der Waals surface area contributed by atoms with Gasteiger partial charge in [0, 0.05) is 6.42 Å². The minimum atomic E-state index is -0.0787. The zero-order valence-corrected chi connectivity index (χ0v) is 8.46. The first-order valence-corrected chi connectivity index (χ1v) is 4.46. The van der Waals surface area contributed by atoms with Crippen LogP contribution >= 0.6 is 0 Å². The zero-order chi connectivity index (χ0) is 10.3. The Kier molecular flexibility index (Phi) is 5.77.